The highest BCUT2D eigenvalue weighted by Gasteiger charge is 2.62. The van der Waals surface area contributed by atoms with Crippen molar-refractivity contribution in [1.82, 2.24) is 5.06 Å². The van der Waals surface area contributed by atoms with E-state index in [9.17, 15) is 14.4 Å². The first-order valence-electron chi connectivity index (χ1n) is 4.18. The van der Waals surface area contributed by atoms with Crippen LogP contribution in [0.5, 0.6) is 0 Å². The molecule has 0 aromatic rings. The van der Waals surface area contributed by atoms with Crippen LogP contribution in [0.2, 0.25) is 0 Å². The number of hydrogen-bond donors (Lipinski definition) is 2. The van der Waals surface area contributed by atoms with E-state index in [1.165, 1.54) is 18.2 Å². The molecule has 2 unspecified atom stereocenters. The van der Waals surface area contributed by atoms with Crippen molar-refractivity contribution in [3.05, 3.63) is 24.3 Å². The molecule has 1 saturated heterocycles. The number of carboxylic acid groups (broad SMARTS) is 1. The Balaban J connectivity index is 2.62. The van der Waals surface area contributed by atoms with Gasteiger partial charge >= 0.3 is 5.97 Å². The molecule has 78 valence electrons. The number of amides is 2. The fourth-order valence-corrected chi connectivity index (χ4v) is 1.82. The summed E-state index contributed by atoms with van der Waals surface area (Å²) in [5.41, 5.74) is -1.97. The SMILES string of the molecule is O=C1C2C=CC=CC2(C(=O)O)C(=O)N1O. The third-order valence-corrected chi connectivity index (χ3v) is 2.64. The van der Waals surface area contributed by atoms with Crippen LogP contribution in [0.25, 0.3) is 0 Å². The van der Waals surface area contributed by atoms with Crippen LogP contribution in [0.1, 0.15) is 0 Å². The molecule has 0 aromatic carbocycles. The Morgan fingerprint density at radius 1 is 1.40 bits per heavy atom. The number of carbonyl (C=O) groups excluding carboxylic acids is 2. The summed E-state index contributed by atoms with van der Waals surface area (Å²) in [4.78, 5) is 33.9. The van der Waals surface area contributed by atoms with Crippen LogP contribution in [-0.4, -0.2) is 33.2 Å². The summed E-state index contributed by atoms with van der Waals surface area (Å²) in [6.07, 6.45) is 5.26. The molecule has 6 heteroatoms. The minimum Gasteiger partial charge on any atom is -0.480 e. The van der Waals surface area contributed by atoms with Gasteiger partial charge in [-0.3, -0.25) is 19.6 Å². The number of fused-ring (bicyclic) bond motifs is 1. The predicted octanol–water partition coefficient (Wildman–Crippen LogP) is -0.442. The number of nitrogens with zero attached hydrogens (tertiary/aromatic N) is 1. The molecule has 2 N–H and O–H groups in total. The van der Waals surface area contributed by atoms with Crippen molar-refractivity contribution in [2.75, 3.05) is 0 Å². The Hall–Kier alpha value is -1.95. The van der Waals surface area contributed by atoms with E-state index in [1.54, 1.807) is 0 Å². The van der Waals surface area contributed by atoms with E-state index in [2.05, 4.69) is 0 Å². The van der Waals surface area contributed by atoms with Crippen molar-refractivity contribution < 1.29 is 24.7 Å². The van der Waals surface area contributed by atoms with E-state index >= 15 is 0 Å². The molecule has 0 bridgehead atoms. The van der Waals surface area contributed by atoms with Crippen LogP contribution >= 0.6 is 0 Å². The lowest BCUT2D eigenvalue weighted by atomic mass is 9.74. The monoisotopic (exact) mass is 209 g/mol. The zero-order valence-corrected chi connectivity index (χ0v) is 7.45. The van der Waals surface area contributed by atoms with E-state index in [0.717, 1.165) is 6.08 Å². The van der Waals surface area contributed by atoms with Gasteiger partial charge in [-0.05, 0) is 0 Å². The summed E-state index contributed by atoms with van der Waals surface area (Å²) in [6.45, 7) is 0. The van der Waals surface area contributed by atoms with Gasteiger partial charge in [0.15, 0.2) is 5.41 Å². The predicted molar refractivity (Wildman–Crippen MR) is 45.5 cm³/mol. The molecule has 0 radical (unpaired) electrons. The van der Waals surface area contributed by atoms with Crippen molar-refractivity contribution in [3.8, 4) is 0 Å². The Morgan fingerprint density at radius 3 is 2.60 bits per heavy atom. The van der Waals surface area contributed by atoms with Crippen molar-refractivity contribution >= 4 is 17.8 Å². The summed E-state index contributed by atoms with van der Waals surface area (Å²) in [5, 5.41) is 18.0. The number of rotatable bonds is 1. The molecule has 0 saturated carbocycles. The molecule has 2 aliphatic rings. The number of carboxylic acids is 1. The van der Waals surface area contributed by atoms with Gasteiger partial charge in [-0.2, -0.15) is 5.06 Å². The normalized spacial score (nSPS) is 33.4. The maximum absolute atomic E-state index is 11.5. The first-order chi connectivity index (χ1) is 7.01. The molecule has 15 heavy (non-hydrogen) atoms. The average Bonchev–Trinajstić information content (AvgIpc) is 2.43. The van der Waals surface area contributed by atoms with Crippen LogP contribution in [-0.2, 0) is 14.4 Å². The number of hydrogen-bond acceptors (Lipinski definition) is 4. The van der Waals surface area contributed by atoms with Gasteiger partial charge in [0.25, 0.3) is 11.8 Å². The Labute approximate surface area is 84.1 Å². The van der Waals surface area contributed by atoms with E-state index in [-0.39, 0.29) is 5.06 Å². The molecule has 1 aliphatic carbocycles. The maximum Gasteiger partial charge on any atom is 0.324 e. The minimum atomic E-state index is -1.97. The fourth-order valence-electron chi connectivity index (χ4n) is 1.82. The molecule has 2 amide bonds. The Kier molecular flexibility index (Phi) is 1.77. The Morgan fingerprint density at radius 2 is 2.07 bits per heavy atom. The van der Waals surface area contributed by atoms with Crippen LogP contribution in [0.15, 0.2) is 24.3 Å². The second-order valence-electron chi connectivity index (χ2n) is 3.35. The smallest absolute Gasteiger partial charge is 0.324 e. The standard InChI is InChI=1S/C9H7NO5/c11-6-5-3-1-2-4-9(5,8(13)14)7(12)10(6)15/h1-5,15H,(H,13,14). The second-order valence-corrected chi connectivity index (χ2v) is 3.35. The number of hydroxylamine groups is 2. The third kappa shape index (κ3) is 0.937. The summed E-state index contributed by atoms with van der Waals surface area (Å²) in [5.74, 6) is -4.63. The summed E-state index contributed by atoms with van der Waals surface area (Å²) in [7, 11) is 0. The molecule has 1 heterocycles. The molecule has 2 atom stereocenters. The van der Waals surface area contributed by atoms with Crippen molar-refractivity contribution in [3.63, 3.8) is 0 Å². The lowest BCUT2D eigenvalue weighted by molar-refractivity contribution is -0.175. The van der Waals surface area contributed by atoms with Crippen molar-refractivity contribution in [2.45, 2.75) is 0 Å². The van der Waals surface area contributed by atoms with Gasteiger partial charge < -0.3 is 5.11 Å². The number of allylic oxidation sites excluding steroid dienone is 2. The maximum atomic E-state index is 11.5. The first kappa shape index (κ1) is 9.60. The van der Waals surface area contributed by atoms with Gasteiger partial charge in [-0.25, -0.2) is 0 Å². The highest BCUT2D eigenvalue weighted by atomic mass is 16.5. The van der Waals surface area contributed by atoms with E-state index in [0.29, 0.717) is 0 Å². The summed E-state index contributed by atoms with van der Waals surface area (Å²) < 4.78 is 0. The zero-order valence-electron chi connectivity index (χ0n) is 7.45. The van der Waals surface area contributed by atoms with Gasteiger partial charge in [0.05, 0.1) is 5.92 Å². The van der Waals surface area contributed by atoms with Crippen LogP contribution in [0.3, 0.4) is 0 Å². The molecule has 0 spiro atoms. The highest BCUT2D eigenvalue weighted by Crippen LogP contribution is 2.42. The van der Waals surface area contributed by atoms with Gasteiger partial charge in [0.1, 0.15) is 0 Å². The largest absolute Gasteiger partial charge is 0.480 e. The molecule has 0 aromatic heterocycles. The lowest BCUT2D eigenvalue weighted by Gasteiger charge is -2.22. The quantitative estimate of drug-likeness (QED) is 0.346. The van der Waals surface area contributed by atoms with Crippen LogP contribution in [0, 0.1) is 11.3 Å². The molecule has 1 aliphatic heterocycles. The molecular formula is C9H7NO5. The number of aliphatic carboxylic acids is 1. The number of carbonyl (C=O) groups is 3. The Bertz CT molecular complexity index is 424. The van der Waals surface area contributed by atoms with Gasteiger partial charge in [0, 0.05) is 0 Å². The summed E-state index contributed by atoms with van der Waals surface area (Å²) >= 11 is 0. The zero-order chi connectivity index (χ0) is 11.2. The van der Waals surface area contributed by atoms with Crippen LogP contribution < -0.4 is 0 Å². The van der Waals surface area contributed by atoms with E-state index < -0.39 is 29.1 Å². The van der Waals surface area contributed by atoms with Crippen molar-refractivity contribution in [1.29, 1.82) is 0 Å². The van der Waals surface area contributed by atoms with Gasteiger partial charge in [0.2, 0.25) is 0 Å². The van der Waals surface area contributed by atoms with Gasteiger partial charge in [-0.1, -0.05) is 24.3 Å². The molecule has 1 fully saturated rings. The minimum absolute atomic E-state index is 0.126. The molecule has 6 nitrogen and oxygen atoms in total. The number of imide groups is 1. The lowest BCUT2D eigenvalue weighted by Crippen LogP contribution is -2.41. The molecular weight excluding hydrogens is 202 g/mol. The van der Waals surface area contributed by atoms with Crippen molar-refractivity contribution in [2.24, 2.45) is 11.3 Å². The second kappa shape index (κ2) is 2.77. The highest BCUT2D eigenvalue weighted by molar-refractivity contribution is 6.18. The first-order valence-corrected chi connectivity index (χ1v) is 4.18. The fraction of sp³-hybridized carbons (Fsp3) is 0.222. The van der Waals surface area contributed by atoms with Gasteiger partial charge in [-0.15, -0.1) is 0 Å². The third-order valence-electron chi connectivity index (χ3n) is 2.64. The van der Waals surface area contributed by atoms with Crippen LogP contribution in [0.4, 0.5) is 0 Å². The average molecular weight is 209 g/mol. The molecule has 2 rings (SSSR count). The topological polar surface area (TPSA) is 94.9 Å². The van der Waals surface area contributed by atoms with E-state index in [4.69, 9.17) is 10.3 Å². The summed E-state index contributed by atoms with van der Waals surface area (Å²) in [6, 6.07) is 0. The van der Waals surface area contributed by atoms with E-state index in [1.807, 2.05) is 0 Å².